The third-order valence-electron chi connectivity index (χ3n) is 5.39. The van der Waals surface area contributed by atoms with Crippen LogP contribution >= 0.6 is 23.2 Å². The number of carbonyl (C=O) groups excluding carboxylic acids is 1. The van der Waals surface area contributed by atoms with Crippen molar-refractivity contribution in [3.63, 3.8) is 0 Å². The molecule has 3 aromatic rings. The summed E-state index contributed by atoms with van der Waals surface area (Å²) in [6.07, 6.45) is 1.49. The molecule has 162 valence electrons. The first-order chi connectivity index (χ1) is 15.0. The number of hydrogen-bond acceptors (Lipinski definition) is 6. The molecule has 1 aliphatic heterocycles. The molecule has 0 atom stereocenters. The minimum absolute atomic E-state index is 0.270. The second kappa shape index (κ2) is 9.30. The van der Waals surface area contributed by atoms with E-state index in [2.05, 4.69) is 39.3 Å². The van der Waals surface area contributed by atoms with Crippen molar-refractivity contribution in [1.29, 1.82) is 0 Å². The number of carbonyl (C=O) groups is 1. The van der Waals surface area contributed by atoms with Gasteiger partial charge in [0.05, 0.1) is 22.8 Å². The lowest BCUT2D eigenvalue weighted by molar-refractivity contribution is 0.0527. The zero-order chi connectivity index (χ0) is 22.0. The van der Waals surface area contributed by atoms with Crippen molar-refractivity contribution in [2.75, 3.05) is 50.1 Å². The van der Waals surface area contributed by atoms with Crippen molar-refractivity contribution < 1.29 is 9.53 Å². The molecule has 6 nitrogen and oxygen atoms in total. The second-order valence-electron chi connectivity index (χ2n) is 7.51. The van der Waals surface area contributed by atoms with E-state index in [0.717, 1.165) is 31.9 Å². The Balaban J connectivity index is 1.69. The molecule has 8 heteroatoms. The number of piperazine rings is 1. The Labute approximate surface area is 191 Å². The van der Waals surface area contributed by atoms with Gasteiger partial charge in [0.2, 0.25) is 0 Å². The SMILES string of the molecule is CCOC(=O)c1cnc2c(Cl)cc(Cl)cc2c1Nc1ccc(N2CCN(C)CC2)cc1. The largest absolute Gasteiger partial charge is 0.462 e. The van der Waals surface area contributed by atoms with Gasteiger partial charge in [-0.2, -0.15) is 0 Å². The lowest BCUT2D eigenvalue weighted by Crippen LogP contribution is -2.44. The quantitative estimate of drug-likeness (QED) is 0.529. The summed E-state index contributed by atoms with van der Waals surface area (Å²) >= 11 is 12.6. The number of rotatable bonds is 5. The standard InChI is InChI=1S/C23H24Cl2N4O2/c1-3-31-23(30)19-14-26-22-18(12-15(24)13-20(22)25)21(19)27-16-4-6-17(7-5-16)29-10-8-28(2)9-11-29/h4-7,12-14H,3,8-11H2,1-2H3,(H,26,27). The first kappa shape index (κ1) is 21.7. The number of ether oxygens (including phenoxy) is 1. The van der Waals surface area contributed by atoms with Gasteiger partial charge in [0.15, 0.2) is 0 Å². The summed E-state index contributed by atoms with van der Waals surface area (Å²) in [5.74, 6) is -0.454. The molecular formula is C23H24Cl2N4O2. The number of likely N-dealkylation sites (N-methyl/N-ethyl adjacent to an activating group) is 1. The highest BCUT2D eigenvalue weighted by atomic mass is 35.5. The highest BCUT2D eigenvalue weighted by molar-refractivity contribution is 6.38. The van der Waals surface area contributed by atoms with E-state index in [1.807, 2.05) is 12.1 Å². The summed E-state index contributed by atoms with van der Waals surface area (Å²) in [5, 5.41) is 4.91. The number of benzene rings is 2. The van der Waals surface area contributed by atoms with Crippen LogP contribution in [0.25, 0.3) is 10.9 Å². The summed E-state index contributed by atoms with van der Waals surface area (Å²) in [7, 11) is 2.14. The Hall–Kier alpha value is -2.54. The Bertz CT molecular complexity index is 1100. The topological polar surface area (TPSA) is 57.7 Å². The van der Waals surface area contributed by atoms with Gasteiger partial charge in [0.25, 0.3) is 0 Å². The maximum Gasteiger partial charge on any atom is 0.341 e. The predicted octanol–water partition coefficient (Wildman–Crippen LogP) is 5.21. The number of pyridine rings is 1. The molecule has 0 radical (unpaired) electrons. The zero-order valence-electron chi connectivity index (χ0n) is 17.5. The van der Waals surface area contributed by atoms with Crippen LogP contribution in [0.3, 0.4) is 0 Å². The first-order valence-electron chi connectivity index (χ1n) is 10.2. The molecule has 0 spiro atoms. The van der Waals surface area contributed by atoms with E-state index in [1.165, 1.54) is 11.9 Å². The van der Waals surface area contributed by atoms with Gasteiger partial charge in [-0.15, -0.1) is 0 Å². The zero-order valence-corrected chi connectivity index (χ0v) is 19.0. The van der Waals surface area contributed by atoms with Crippen LogP contribution in [-0.4, -0.2) is 55.7 Å². The minimum Gasteiger partial charge on any atom is -0.462 e. The molecule has 0 unspecified atom stereocenters. The maximum atomic E-state index is 12.6. The van der Waals surface area contributed by atoms with Gasteiger partial charge in [0.1, 0.15) is 5.56 Å². The lowest BCUT2D eigenvalue weighted by Gasteiger charge is -2.34. The molecule has 0 aliphatic carbocycles. The monoisotopic (exact) mass is 458 g/mol. The van der Waals surface area contributed by atoms with E-state index in [9.17, 15) is 4.79 Å². The van der Waals surface area contributed by atoms with Crippen LogP contribution in [0, 0.1) is 0 Å². The smallest absolute Gasteiger partial charge is 0.341 e. The molecular weight excluding hydrogens is 435 g/mol. The number of fused-ring (bicyclic) bond motifs is 1. The molecule has 1 saturated heterocycles. The Kier molecular flexibility index (Phi) is 6.51. The summed E-state index contributed by atoms with van der Waals surface area (Å²) in [5.41, 5.74) is 3.48. The third-order valence-corrected chi connectivity index (χ3v) is 5.90. The van der Waals surface area contributed by atoms with Crippen LogP contribution in [0.2, 0.25) is 10.0 Å². The molecule has 2 heterocycles. The number of nitrogens with one attached hydrogen (secondary N) is 1. The molecule has 1 aliphatic rings. The molecule has 0 bridgehead atoms. The van der Waals surface area contributed by atoms with Crippen molar-refractivity contribution in [2.45, 2.75) is 6.92 Å². The van der Waals surface area contributed by atoms with Crippen molar-refractivity contribution in [2.24, 2.45) is 0 Å². The molecule has 0 amide bonds. The Morgan fingerprint density at radius 3 is 2.52 bits per heavy atom. The fourth-order valence-corrected chi connectivity index (χ4v) is 4.23. The maximum absolute atomic E-state index is 12.6. The average molecular weight is 459 g/mol. The molecule has 1 aromatic heterocycles. The van der Waals surface area contributed by atoms with Crippen LogP contribution in [0.4, 0.5) is 17.1 Å². The molecule has 4 rings (SSSR count). The number of esters is 1. The number of halogens is 2. The van der Waals surface area contributed by atoms with E-state index >= 15 is 0 Å². The van der Waals surface area contributed by atoms with Crippen LogP contribution in [0.5, 0.6) is 0 Å². The van der Waals surface area contributed by atoms with Crippen molar-refractivity contribution in [3.8, 4) is 0 Å². The van der Waals surface area contributed by atoms with Gasteiger partial charge in [-0.05, 0) is 50.4 Å². The van der Waals surface area contributed by atoms with Crippen LogP contribution in [0.1, 0.15) is 17.3 Å². The summed E-state index contributed by atoms with van der Waals surface area (Å²) in [4.78, 5) is 21.6. The van der Waals surface area contributed by atoms with E-state index < -0.39 is 5.97 Å². The van der Waals surface area contributed by atoms with E-state index in [-0.39, 0.29) is 6.61 Å². The Morgan fingerprint density at radius 1 is 1.13 bits per heavy atom. The summed E-state index contributed by atoms with van der Waals surface area (Å²) < 4.78 is 5.23. The van der Waals surface area contributed by atoms with Crippen molar-refractivity contribution in [3.05, 3.63) is 58.2 Å². The van der Waals surface area contributed by atoms with Gasteiger partial charge in [0, 0.05) is 54.2 Å². The summed E-state index contributed by atoms with van der Waals surface area (Å²) in [6, 6.07) is 11.6. The van der Waals surface area contributed by atoms with Crippen LogP contribution in [-0.2, 0) is 4.74 Å². The average Bonchev–Trinajstić information content (AvgIpc) is 2.75. The van der Waals surface area contributed by atoms with E-state index in [0.29, 0.717) is 32.2 Å². The molecule has 1 N–H and O–H groups in total. The fourth-order valence-electron chi connectivity index (χ4n) is 3.69. The van der Waals surface area contributed by atoms with Gasteiger partial charge in [-0.3, -0.25) is 4.98 Å². The van der Waals surface area contributed by atoms with Crippen LogP contribution < -0.4 is 10.2 Å². The molecule has 31 heavy (non-hydrogen) atoms. The van der Waals surface area contributed by atoms with E-state index in [1.54, 1.807) is 19.1 Å². The first-order valence-corrected chi connectivity index (χ1v) is 11.0. The predicted molar refractivity (Wildman–Crippen MR) is 127 cm³/mol. The Morgan fingerprint density at radius 2 is 1.84 bits per heavy atom. The molecule has 1 fully saturated rings. The highest BCUT2D eigenvalue weighted by Crippen LogP contribution is 2.35. The van der Waals surface area contributed by atoms with Gasteiger partial charge in [-0.1, -0.05) is 23.2 Å². The normalized spacial score (nSPS) is 14.6. The highest BCUT2D eigenvalue weighted by Gasteiger charge is 2.19. The summed E-state index contributed by atoms with van der Waals surface area (Å²) in [6.45, 7) is 6.14. The number of nitrogens with zero attached hydrogens (tertiary/aromatic N) is 3. The van der Waals surface area contributed by atoms with E-state index in [4.69, 9.17) is 27.9 Å². The number of anilines is 3. The van der Waals surface area contributed by atoms with Crippen LogP contribution in [0.15, 0.2) is 42.6 Å². The molecule has 0 saturated carbocycles. The number of aromatic nitrogens is 1. The second-order valence-corrected chi connectivity index (χ2v) is 8.36. The lowest BCUT2D eigenvalue weighted by atomic mass is 10.1. The third kappa shape index (κ3) is 4.71. The van der Waals surface area contributed by atoms with Gasteiger partial charge in [-0.25, -0.2) is 4.79 Å². The minimum atomic E-state index is -0.454. The van der Waals surface area contributed by atoms with Gasteiger partial charge < -0.3 is 19.9 Å². The van der Waals surface area contributed by atoms with Crippen molar-refractivity contribution in [1.82, 2.24) is 9.88 Å². The van der Waals surface area contributed by atoms with Crippen molar-refractivity contribution >= 4 is 57.1 Å². The fraction of sp³-hybridized carbons (Fsp3) is 0.304. The number of hydrogen-bond donors (Lipinski definition) is 1. The van der Waals surface area contributed by atoms with Gasteiger partial charge >= 0.3 is 5.97 Å². The molecule has 2 aromatic carbocycles.